The zero-order valence-electron chi connectivity index (χ0n) is 18.8. The van der Waals surface area contributed by atoms with Gasteiger partial charge in [0.15, 0.2) is 0 Å². The Bertz CT molecular complexity index is 692. The molecule has 2 fully saturated rings. The Morgan fingerprint density at radius 3 is 2.00 bits per heavy atom. The number of hydrogen-bond acceptors (Lipinski definition) is 2. The van der Waals surface area contributed by atoms with Gasteiger partial charge in [-0.25, -0.2) is 0 Å². The molecular formula is C24H36Cl2FeN3. The van der Waals surface area contributed by atoms with Gasteiger partial charge in [-0.05, 0) is 62.1 Å². The third-order valence-corrected chi connectivity index (χ3v) is 6.24. The van der Waals surface area contributed by atoms with Crippen LogP contribution in [-0.4, -0.2) is 29.5 Å². The molecule has 2 atom stereocenters. The van der Waals surface area contributed by atoms with Crippen molar-refractivity contribution in [1.82, 2.24) is 0 Å². The number of hydrogen-bond donors (Lipinski definition) is 0. The van der Waals surface area contributed by atoms with E-state index in [0.717, 1.165) is 25.7 Å². The third kappa shape index (κ3) is 7.64. The van der Waals surface area contributed by atoms with E-state index < -0.39 is 0 Å². The molecule has 1 saturated heterocycles. The normalized spacial score (nSPS) is 23.3. The Morgan fingerprint density at radius 2 is 1.47 bits per heavy atom. The van der Waals surface area contributed by atoms with Gasteiger partial charge in [-0.2, -0.15) is 0 Å². The molecule has 1 heterocycles. The van der Waals surface area contributed by atoms with Crippen molar-refractivity contribution in [2.24, 2.45) is 9.98 Å². The fraction of sp³-hybridized carbons (Fsp3) is 0.667. The molecule has 3 nitrogen and oxygen atoms in total. The molecule has 6 heteroatoms. The molecule has 0 spiro atoms. The van der Waals surface area contributed by atoms with Gasteiger partial charge in [-0.15, -0.1) is 0 Å². The molecule has 1 aromatic rings. The number of rotatable bonds is 6. The SMILES string of the molecule is CCc1cccc(CC)c1N=C(C)C1CCCC(C(C)=NC2CCCC2)[N-]1.[Cl][Fe+][Cl]. The first-order chi connectivity index (χ1) is 14.5. The molecule has 3 rings (SSSR count). The monoisotopic (exact) mass is 492 g/mol. The summed E-state index contributed by atoms with van der Waals surface area (Å²) in [5.41, 5.74) is 6.31. The van der Waals surface area contributed by atoms with Gasteiger partial charge in [-0.3, -0.25) is 9.98 Å². The molecule has 0 bridgehead atoms. The molecule has 2 aliphatic rings. The standard InChI is InChI=1S/C24H36N3.2ClH.Fe/c1-5-19-11-9-12-20(6-2)24(19)26-18(4)23-16-10-15-22(27-23)17(3)25-21-13-7-8-14-21;;;/h9,11-12,21-23H,5-8,10,13-16H2,1-4H3;2*1H;/q-1;;;+3/p-2. The van der Waals surface area contributed by atoms with E-state index in [-0.39, 0.29) is 19.2 Å². The van der Waals surface area contributed by atoms with Gasteiger partial charge in [0, 0.05) is 6.04 Å². The van der Waals surface area contributed by atoms with E-state index >= 15 is 0 Å². The Balaban J connectivity index is 0.00000101. The fourth-order valence-electron chi connectivity index (χ4n) is 4.52. The first-order valence-electron chi connectivity index (χ1n) is 11.3. The molecule has 0 amide bonds. The number of aryl methyl sites for hydroxylation is 2. The van der Waals surface area contributed by atoms with Gasteiger partial charge in [0.1, 0.15) is 0 Å². The zero-order chi connectivity index (χ0) is 21.9. The number of para-hydroxylation sites is 1. The maximum atomic E-state index is 5.17. The molecule has 2 unspecified atom stereocenters. The summed E-state index contributed by atoms with van der Waals surface area (Å²) in [5, 5.41) is 5.17. The van der Waals surface area contributed by atoms with Crippen molar-refractivity contribution in [3.63, 3.8) is 0 Å². The molecule has 1 aromatic carbocycles. The molecule has 1 aliphatic carbocycles. The molecule has 169 valence electrons. The van der Waals surface area contributed by atoms with Crippen LogP contribution in [0.15, 0.2) is 28.2 Å². The predicted octanol–water partition coefficient (Wildman–Crippen LogP) is 7.98. The van der Waals surface area contributed by atoms with E-state index in [1.807, 2.05) is 0 Å². The predicted molar refractivity (Wildman–Crippen MR) is 130 cm³/mol. The first kappa shape index (κ1) is 25.9. The topological polar surface area (TPSA) is 38.8 Å². The number of piperidine rings is 1. The average Bonchev–Trinajstić information content (AvgIpc) is 3.27. The maximum absolute atomic E-state index is 5.17. The number of benzene rings is 1. The summed E-state index contributed by atoms with van der Waals surface area (Å²) in [7, 11) is 9.53. The molecule has 1 aliphatic heterocycles. The minimum atomic E-state index is 0.194. The van der Waals surface area contributed by atoms with Crippen LogP contribution in [-0.2, 0) is 26.0 Å². The van der Waals surface area contributed by atoms with Crippen LogP contribution in [0.5, 0.6) is 0 Å². The quantitative estimate of drug-likeness (QED) is 0.285. The van der Waals surface area contributed by atoms with Crippen molar-refractivity contribution in [2.75, 3.05) is 0 Å². The van der Waals surface area contributed by atoms with Crippen LogP contribution in [0.3, 0.4) is 0 Å². The van der Waals surface area contributed by atoms with Crippen LogP contribution >= 0.6 is 20.2 Å². The third-order valence-electron chi connectivity index (χ3n) is 6.24. The van der Waals surface area contributed by atoms with Crippen LogP contribution in [0.1, 0.15) is 83.8 Å². The molecule has 0 radical (unpaired) electrons. The second-order valence-corrected chi connectivity index (χ2v) is 10.1. The Hall–Kier alpha value is -0.381. The van der Waals surface area contributed by atoms with Crippen molar-refractivity contribution in [1.29, 1.82) is 0 Å². The summed E-state index contributed by atoms with van der Waals surface area (Å²) in [6, 6.07) is 7.68. The number of nitrogens with zero attached hydrogens (tertiary/aromatic N) is 3. The summed E-state index contributed by atoms with van der Waals surface area (Å²) in [5.74, 6) is 0. The summed E-state index contributed by atoms with van der Waals surface area (Å²) in [6.07, 6.45) is 10.8. The van der Waals surface area contributed by atoms with Crippen molar-refractivity contribution < 1.29 is 13.1 Å². The van der Waals surface area contributed by atoms with Gasteiger partial charge < -0.3 is 5.32 Å². The fourth-order valence-corrected chi connectivity index (χ4v) is 4.52. The van der Waals surface area contributed by atoms with Gasteiger partial charge in [-0.1, -0.05) is 76.2 Å². The van der Waals surface area contributed by atoms with Crippen LogP contribution in [0.25, 0.3) is 5.32 Å². The van der Waals surface area contributed by atoms with Gasteiger partial charge in [0.25, 0.3) is 0 Å². The van der Waals surface area contributed by atoms with E-state index in [1.54, 1.807) is 0 Å². The summed E-state index contributed by atoms with van der Waals surface area (Å²) < 4.78 is 0. The van der Waals surface area contributed by atoms with E-state index in [1.165, 1.54) is 60.3 Å². The van der Waals surface area contributed by atoms with E-state index in [0.29, 0.717) is 12.1 Å². The summed E-state index contributed by atoms with van der Waals surface area (Å²) in [4.78, 5) is 10.1. The first-order valence-corrected chi connectivity index (χ1v) is 14.3. The summed E-state index contributed by atoms with van der Waals surface area (Å²) >= 11 is 0.194. The molecule has 1 saturated carbocycles. The zero-order valence-corrected chi connectivity index (χ0v) is 21.4. The van der Waals surface area contributed by atoms with E-state index in [9.17, 15) is 0 Å². The van der Waals surface area contributed by atoms with Gasteiger partial charge >= 0.3 is 33.3 Å². The molecular weight excluding hydrogens is 457 g/mol. The van der Waals surface area contributed by atoms with Crippen molar-refractivity contribution in [3.8, 4) is 0 Å². The van der Waals surface area contributed by atoms with Crippen LogP contribution in [0, 0.1) is 0 Å². The second-order valence-electron chi connectivity index (χ2n) is 8.26. The van der Waals surface area contributed by atoms with Crippen LogP contribution in [0.2, 0.25) is 0 Å². The number of halogens is 2. The second kappa shape index (κ2) is 13.9. The Kier molecular flexibility index (Phi) is 12.0. The van der Waals surface area contributed by atoms with Crippen molar-refractivity contribution in [2.45, 2.75) is 104 Å². The van der Waals surface area contributed by atoms with Crippen LogP contribution in [0.4, 0.5) is 5.69 Å². The van der Waals surface area contributed by atoms with E-state index in [2.05, 4.69) is 45.9 Å². The average molecular weight is 493 g/mol. The molecule has 30 heavy (non-hydrogen) atoms. The van der Waals surface area contributed by atoms with Crippen molar-refractivity contribution in [3.05, 3.63) is 34.6 Å². The molecule has 0 aromatic heterocycles. The van der Waals surface area contributed by atoms with Crippen LogP contribution < -0.4 is 0 Å². The van der Waals surface area contributed by atoms with E-state index in [4.69, 9.17) is 35.5 Å². The minimum absolute atomic E-state index is 0.194. The van der Waals surface area contributed by atoms with Crippen molar-refractivity contribution >= 4 is 37.3 Å². The molecule has 0 N–H and O–H groups in total. The van der Waals surface area contributed by atoms with Gasteiger partial charge in [0.05, 0.1) is 5.69 Å². The Morgan fingerprint density at radius 1 is 0.933 bits per heavy atom. The number of aliphatic imine (C=N–C) groups is 2. The van der Waals surface area contributed by atoms with Gasteiger partial charge in [0.2, 0.25) is 0 Å². The Labute approximate surface area is 198 Å². The summed E-state index contributed by atoms with van der Waals surface area (Å²) in [6.45, 7) is 8.80.